The quantitative estimate of drug-likeness (QED) is 0.0819. The summed E-state index contributed by atoms with van der Waals surface area (Å²) in [6.07, 6.45) is 15.5. The Bertz CT molecular complexity index is 1230. The predicted molar refractivity (Wildman–Crippen MR) is 200 cm³/mol. The lowest BCUT2D eigenvalue weighted by molar-refractivity contribution is -0.149. The van der Waals surface area contributed by atoms with Gasteiger partial charge in [-0.1, -0.05) is 26.7 Å². The molecule has 2 heterocycles. The van der Waals surface area contributed by atoms with E-state index in [1.165, 1.54) is 34.1 Å². The summed E-state index contributed by atoms with van der Waals surface area (Å²) in [5, 5.41) is 20.7. The van der Waals surface area contributed by atoms with E-state index >= 15 is 0 Å². The number of amides is 4. The first-order valence-corrected chi connectivity index (χ1v) is 20.3. The predicted octanol–water partition coefficient (Wildman–Crippen LogP) is 3.94. The van der Waals surface area contributed by atoms with E-state index in [9.17, 15) is 39.0 Å². The van der Waals surface area contributed by atoms with Gasteiger partial charge in [0.1, 0.15) is 25.4 Å². The summed E-state index contributed by atoms with van der Waals surface area (Å²) in [6, 6.07) is 0. The van der Waals surface area contributed by atoms with Crippen LogP contribution >= 0.6 is 0 Å². The fourth-order valence-electron chi connectivity index (χ4n) is 8.13. The Morgan fingerprint density at radius 2 is 0.927 bits per heavy atom. The molecular weight excluding hydrogens is 712 g/mol. The minimum absolute atomic E-state index is 0.0699. The SMILES string of the molecule is CC(C)(C1CCC(OCC(O)COC(=O)CCCCCN2C(=O)C=CC2=O)CC1)C1CCC(OCC(O)COC(=O)CCCCCN2C(=O)C=CC2=O)CC1. The second kappa shape index (κ2) is 22.3. The summed E-state index contributed by atoms with van der Waals surface area (Å²) < 4.78 is 22.5. The van der Waals surface area contributed by atoms with Crippen LogP contribution in [0.3, 0.4) is 0 Å². The number of carbonyl (C=O) groups excluding carboxylic acids is 6. The van der Waals surface area contributed by atoms with Crippen molar-refractivity contribution in [1.29, 1.82) is 0 Å². The van der Waals surface area contributed by atoms with Crippen LogP contribution in [0.25, 0.3) is 0 Å². The van der Waals surface area contributed by atoms with E-state index in [2.05, 4.69) is 13.8 Å². The van der Waals surface area contributed by atoms with Gasteiger partial charge < -0.3 is 29.2 Å². The molecule has 2 aliphatic heterocycles. The molecule has 14 heteroatoms. The van der Waals surface area contributed by atoms with E-state index in [0.717, 1.165) is 51.4 Å². The van der Waals surface area contributed by atoms with Crippen LogP contribution in [0.5, 0.6) is 0 Å². The number of unbranched alkanes of at least 4 members (excludes halogenated alkanes) is 4. The first-order chi connectivity index (χ1) is 26.3. The number of aliphatic hydroxyl groups is 2. The molecule has 2 unspecified atom stereocenters. The lowest BCUT2D eigenvalue weighted by atomic mass is 9.60. The van der Waals surface area contributed by atoms with Crippen LogP contribution in [0, 0.1) is 17.3 Å². The molecule has 55 heavy (non-hydrogen) atoms. The Morgan fingerprint density at radius 3 is 1.27 bits per heavy atom. The summed E-state index contributed by atoms with van der Waals surface area (Å²) in [4.78, 5) is 72.9. The Morgan fingerprint density at radius 1 is 0.582 bits per heavy atom. The first-order valence-electron chi connectivity index (χ1n) is 20.3. The maximum absolute atomic E-state index is 12.1. The first kappa shape index (κ1) is 44.3. The molecule has 0 aromatic heterocycles. The van der Waals surface area contributed by atoms with Crippen molar-refractivity contribution in [2.24, 2.45) is 17.3 Å². The van der Waals surface area contributed by atoms with Gasteiger partial charge in [0, 0.05) is 50.2 Å². The van der Waals surface area contributed by atoms with E-state index in [-0.39, 0.29) is 92.5 Å². The van der Waals surface area contributed by atoms with E-state index in [4.69, 9.17) is 18.9 Å². The monoisotopic (exact) mass is 774 g/mol. The van der Waals surface area contributed by atoms with Gasteiger partial charge in [-0.2, -0.15) is 0 Å². The number of imide groups is 2. The van der Waals surface area contributed by atoms with E-state index in [1.54, 1.807) is 0 Å². The largest absolute Gasteiger partial charge is 0.463 e. The van der Waals surface area contributed by atoms with Gasteiger partial charge in [-0.05, 0) is 94.3 Å². The molecule has 0 spiro atoms. The second-order valence-electron chi connectivity index (χ2n) is 16.1. The van der Waals surface area contributed by atoms with Gasteiger partial charge in [0.25, 0.3) is 23.6 Å². The van der Waals surface area contributed by atoms with Crippen molar-refractivity contribution >= 4 is 35.6 Å². The number of hydrogen-bond donors (Lipinski definition) is 2. The fourth-order valence-corrected chi connectivity index (χ4v) is 8.13. The van der Waals surface area contributed by atoms with Crippen molar-refractivity contribution in [2.45, 2.75) is 141 Å². The smallest absolute Gasteiger partial charge is 0.305 e. The van der Waals surface area contributed by atoms with Gasteiger partial charge in [-0.15, -0.1) is 0 Å². The molecule has 14 nitrogen and oxygen atoms in total. The van der Waals surface area contributed by atoms with Gasteiger partial charge in [0.15, 0.2) is 0 Å². The lowest BCUT2D eigenvalue weighted by Gasteiger charge is -2.46. The van der Waals surface area contributed by atoms with Crippen LogP contribution < -0.4 is 0 Å². The molecule has 0 aromatic rings. The van der Waals surface area contributed by atoms with Crippen molar-refractivity contribution in [3.63, 3.8) is 0 Å². The van der Waals surface area contributed by atoms with Gasteiger partial charge in [-0.3, -0.25) is 38.6 Å². The van der Waals surface area contributed by atoms with Crippen LogP contribution in [-0.2, 0) is 47.7 Å². The third-order valence-corrected chi connectivity index (χ3v) is 11.7. The Balaban J connectivity index is 0.982. The minimum atomic E-state index is -0.889. The third kappa shape index (κ3) is 14.5. The molecule has 0 radical (unpaired) electrons. The number of hydrogen-bond acceptors (Lipinski definition) is 12. The van der Waals surface area contributed by atoms with Gasteiger partial charge >= 0.3 is 11.9 Å². The third-order valence-electron chi connectivity index (χ3n) is 11.7. The molecule has 2 fully saturated rings. The number of esters is 2. The molecule has 2 aliphatic carbocycles. The summed E-state index contributed by atoms with van der Waals surface area (Å²) in [5.74, 6) is -0.840. The highest BCUT2D eigenvalue weighted by molar-refractivity contribution is 6.13. The van der Waals surface area contributed by atoms with Crippen molar-refractivity contribution in [3.05, 3.63) is 24.3 Å². The number of carbonyl (C=O) groups is 6. The van der Waals surface area contributed by atoms with E-state index in [1.807, 2.05) is 0 Å². The van der Waals surface area contributed by atoms with E-state index in [0.29, 0.717) is 63.5 Å². The fraction of sp³-hybridized carbons (Fsp3) is 0.756. The molecule has 0 aromatic carbocycles. The molecule has 4 amide bonds. The van der Waals surface area contributed by atoms with Crippen molar-refractivity contribution in [1.82, 2.24) is 9.80 Å². The van der Waals surface area contributed by atoms with Crippen molar-refractivity contribution in [3.8, 4) is 0 Å². The van der Waals surface area contributed by atoms with E-state index < -0.39 is 12.2 Å². The van der Waals surface area contributed by atoms with Crippen LogP contribution in [0.15, 0.2) is 24.3 Å². The highest BCUT2D eigenvalue weighted by Crippen LogP contribution is 2.49. The number of ether oxygens (including phenoxy) is 4. The normalized spacial score (nSPS) is 24.1. The molecule has 4 aliphatic rings. The molecule has 2 atom stereocenters. The summed E-state index contributed by atoms with van der Waals surface area (Å²) in [7, 11) is 0. The second-order valence-corrected chi connectivity index (χ2v) is 16.1. The zero-order valence-corrected chi connectivity index (χ0v) is 32.7. The van der Waals surface area contributed by atoms with Crippen molar-refractivity contribution in [2.75, 3.05) is 39.5 Å². The average Bonchev–Trinajstić information content (AvgIpc) is 3.68. The van der Waals surface area contributed by atoms with Gasteiger partial charge in [0.2, 0.25) is 0 Å². The van der Waals surface area contributed by atoms with Gasteiger partial charge in [0.05, 0.1) is 25.4 Å². The maximum atomic E-state index is 12.1. The number of aliphatic hydroxyl groups excluding tert-OH is 2. The molecule has 0 saturated heterocycles. The average molecular weight is 775 g/mol. The summed E-state index contributed by atoms with van der Waals surface area (Å²) in [5.41, 5.74) is 0.165. The van der Waals surface area contributed by atoms with Crippen LogP contribution in [0.4, 0.5) is 0 Å². The molecular formula is C41H62N2O12. The number of rotatable bonds is 24. The zero-order chi connectivity index (χ0) is 39.8. The topological polar surface area (TPSA) is 186 Å². The molecule has 2 N–H and O–H groups in total. The van der Waals surface area contributed by atoms with Crippen molar-refractivity contribution < 1.29 is 57.9 Å². The zero-order valence-electron chi connectivity index (χ0n) is 32.7. The van der Waals surface area contributed by atoms with Gasteiger partial charge in [-0.25, -0.2) is 0 Å². The molecule has 4 rings (SSSR count). The highest BCUT2D eigenvalue weighted by Gasteiger charge is 2.41. The molecule has 0 bridgehead atoms. The summed E-state index contributed by atoms with van der Waals surface area (Å²) in [6.45, 7) is 5.43. The lowest BCUT2D eigenvalue weighted by Crippen LogP contribution is -2.39. The number of nitrogens with zero attached hydrogens (tertiary/aromatic N) is 2. The molecule has 308 valence electrons. The highest BCUT2D eigenvalue weighted by atomic mass is 16.6. The minimum Gasteiger partial charge on any atom is -0.463 e. The Labute approximate surface area is 324 Å². The molecule has 2 saturated carbocycles. The van der Waals surface area contributed by atoms with Crippen LogP contribution in [0.2, 0.25) is 0 Å². The maximum Gasteiger partial charge on any atom is 0.305 e. The summed E-state index contributed by atoms with van der Waals surface area (Å²) >= 11 is 0. The van der Waals surface area contributed by atoms with Crippen LogP contribution in [0.1, 0.15) is 117 Å². The Kier molecular flexibility index (Phi) is 18.0. The van der Waals surface area contributed by atoms with Crippen LogP contribution in [-0.4, -0.2) is 120 Å². The Hall–Kier alpha value is -3.46. The standard InChI is InChI=1S/C41H62N2O12/c1-41(2,29-11-15-33(16-12-29)52-25-31(44)27-54-39(50)9-5-3-7-23-42-35(46)19-20-36(42)47)30-13-17-34(18-14-30)53-26-32(45)28-55-40(51)10-6-4-8-24-43-37(48)21-22-38(43)49/h19-22,29-34,44-45H,3-18,23-28H2,1-2H3.